The van der Waals surface area contributed by atoms with Crippen molar-refractivity contribution in [3.8, 4) is 5.75 Å². The van der Waals surface area contributed by atoms with Crippen molar-refractivity contribution in [1.82, 2.24) is 9.88 Å². The summed E-state index contributed by atoms with van der Waals surface area (Å²) in [7, 11) is 1.64. The fraction of sp³-hybridized carbons (Fsp3) is 0.238. The van der Waals surface area contributed by atoms with Gasteiger partial charge in [-0.2, -0.15) is 0 Å². The SMILES string of the molecule is COc1ccc(CCC(=O)N(Cc2cccnc2)Cc2ccco2)cc1. The molecule has 0 saturated carbocycles. The maximum Gasteiger partial charge on any atom is 0.223 e. The van der Waals surface area contributed by atoms with Crippen molar-refractivity contribution in [1.29, 1.82) is 0 Å². The highest BCUT2D eigenvalue weighted by atomic mass is 16.5. The van der Waals surface area contributed by atoms with Crippen LogP contribution in [0.15, 0.2) is 71.6 Å². The maximum absolute atomic E-state index is 12.8. The van der Waals surface area contributed by atoms with E-state index in [0.717, 1.165) is 22.6 Å². The summed E-state index contributed by atoms with van der Waals surface area (Å²) in [5.41, 5.74) is 2.11. The minimum Gasteiger partial charge on any atom is -0.497 e. The van der Waals surface area contributed by atoms with Crippen LogP contribution in [0.5, 0.6) is 5.75 Å². The zero-order valence-electron chi connectivity index (χ0n) is 14.8. The lowest BCUT2D eigenvalue weighted by atomic mass is 10.1. The fourth-order valence-corrected chi connectivity index (χ4v) is 2.74. The van der Waals surface area contributed by atoms with Gasteiger partial charge in [-0.25, -0.2) is 0 Å². The lowest BCUT2D eigenvalue weighted by molar-refractivity contribution is -0.132. The average Bonchev–Trinajstić information content (AvgIpc) is 3.20. The Labute approximate surface area is 153 Å². The number of aryl methyl sites for hydroxylation is 1. The second-order valence-electron chi connectivity index (χ2n) is 6.04. The van der Waals surface area contributed by atoms with Crippen LogP contribution in [-0.4, -0.2) is 22.9 Å². The van der Waals surface area contributed by atoms with Gasteiger partial charge < -0.3 is 14.1 Å². The third-order valence-corrected chi connectivity index (χ3v) is 4.16. The molecule has 0 radical (unpaired) electrons. The highest BCUT2D eigenvalue weighted by Crippen LogP contribution is 2.15. The molecule has 0 aliphatic heterocycles. The van der Waals surface area contributed by atoms with E-state index in [-0.39, 0.29) is 5.91 Å². The van der Waals surface area contributed by atoms with Gasteiger partial charge >= 0.3 is 0 Å². The van der Waals surface area contributed by atoms with E-state index in [1.807, 2.05) is 48.5 Å². The van der Waals surface area contributed by atoms with Gasteiger partial charge in [-0.3, -0.25) is 9.78 Å². The van der Waals surface area contributed by atoms with Crippen molar-refractivity contribution in [2.45, 2.75) is 25.9 Å². The third-order valence-electron chi connectivity index (χ3n) is 4.16. The summed E-state index contributed by atoms with van der Waals surface area (Å²) < 4.78 is 10.6. The number of nitrogens with zero attached hydrogens (tertiary/aromatic N) is 2. The summed E-state index contributed by atoms with van der Waals surface area (Å²) in [6.07, 6.45) is 6.26. The molecule has 26 heavy (non-hydrogen) atoms. The van der Waals surface area contributed by atoms with E-state index in [2.05, 4.69) is 4.98 Å². The Hall–Kier alpha value is -3.08. The number of carbonyl (C=O) groups excluding carboxylic acids is 1. The Morgan fingerprint density at radius 3 is 2.58 bits per heavy atom. The number of furan rings is 1. The number of hydrogen-bond acceptors (Lipinski definition) is 4. The van der Waals surface area contributed by atoms with Crippen LogP contribution in [0.3, 0.4) is 0 Å². The predicted molar refractivity (Wildman–Crippen MR) is 98.5 cm³/mol. The number of benzene rings is 1. The molecule has 0 unspecified atom stereocenters. The Bertz CT molecular complexity index is 799. The number of carbonyl (C=O) groups is 1. The molecule has 5 heteroatoms. The van der Waals surface area contributed by atoms with Crippen molar-refractivity contribution >= 4 is 5.91 Å². The van der Waals surface area contributed by atoms with Crippen LogP contribution in [-0.2, 0) is 24.3 Å². The molecule has 0 aliphatic carbocycles. The normalized spacial score (nSPS) is 10.5. The minimum absolute atomic E-state index is 0.0843. The first-order valence-corrected chi connectivity index (χ1v) is 8.56. The smallest absolute Gasteiger partial charge is 0.223 e. The Morgan fingerprint density at radius 1 is 1.08 bits per heavy atom. The first kappa shape index (κ1) is 17.7. The van der Waals surface area contributed by atoms with Gasteiger partial charge in [-0.1, -0.05) is 18.2 Å². The molecule has 2 aromatic heterocycles. The van der Waals surface area contributed by atoms with E-state index >= 15 is 0 Å². The van der Waals surface area contributed by atoms with Gasteiger partial charge in [0.25, 0.3) is 0 Å². The van der Waals surface area contributed by atoms with E-state index in [0.29, 0.717) is 25.9 Å². The number of pyridine rings is 1. The van der Waals surface area contributed by atoms with Gasteiger partial charge in [0.05, 0.1) is 19.9 Å². The van der Waals surface area contributed by atoms with Crippen LogP contribution < -0.4 is 4.74 Å². The van der Waals surface area contributed by atoms with Gasteiger partial charge in [-0.15, -0.1) is 0 Å². The molecule has 0 spiro atoms. The van der Waals surface area contributed by atoms with Crippen molar-refractivity contribution in [2.24, 2.45) is 0 Å². The Morgan fingerprint density at radius 2 is 1.92 bits per heavy atom. The molecule has 2 heterocycles. The molecule has 3 aromatic rings. The summed E-state index contributed by atoms with van der Waals surface area (Å²) in [4.78, 5) is 18.7. The lowest BCUT2D eigenvalue weighted by Gasteiger charge is -2.22. The van der Waals surface area contributed by atoms with Gasteiger partial charge in [-0.05, 0) is 47.9 Å². The van der Waals surface area contributed by atoms with E-state index in [1.165, 1.54) is 0 Å². The molecule has 0 saturated heterocycles. The van der Waals surface area contributed by atoms with Crippen LogP contribution in [0.2, 0.25) is 0 Å². The molecule has 0 aliphatic rings. The van der Waals surface area contributed by atoms with Gasteiger partial charge in [0.15, 0.2) is 0 Å². The third kappa shape index (κ3) is 4.96. The zero-order valence-corrected chi connectivity index (χ0v) is 14.8. The molecule has 0 fully saturated rings. The first-order chi connectivity index (χ1) is 12.7. The van der Waals surface area contributed by atoms with Crippen molar-refractivity contribution in [2.75, 3.05) is 7.11 Å². The van der Waals surface area contributed by atoms with Crippen molar-refractivity contribution in [3.63, 3.8) is 0 Å². The van der Waals surface area contributed by atoms with E-state index in [4.69, 9.17) is 9.15 Å². The maximum atomic E-state index is 12.8. The summed E-state index contributed by atoms with van der Waals surface area (Å²) in [5, 5.41) is 0. The van der Waals surface area contributed by atoms with E-state index < -0.39 is 0 Å². The molecular weight excluding hydrogens is 328 g/mol. The molecule has 1 amide bonds. The largest absolute Gasteiger partial charge is 0.497 e. The monoisotopic (exact) mass is 350 g/mol. The molecule has 134 valence electrons. The highest BCUT2D eigenvalue weighted by Gasteiger charge is 2.16. The van der Waals surface area contributed by atoms with Crippen LogP contribution >= 0.6 is 0 Å². The number of ether oxygens (including phenoxy) is 1. The Balaban J connectivity index is 1.65. The topological polar surface area (TPSA) is 55.6 Å². The summed E-state index contributed by atoms with van der Waals surface area (Å²) in [5.74, 6) is 1.67. The predicted octanol–water partition coefficient (Wildman–Crippen LogP) is 3.84. The lowest BCUT2D eigenvalue weighted by Crippen LogP contribution is -2.30. The quantitative estimate of drug-likeness (QED) is 0.619. The number of rotatable bonds is 8. The van der Waals surface area contributed by atoms with E-state index in [1.54, 1.807) is 30.7 Å². The van der Waals surface area contributed by atoms with Crippen LogP contribution in [0, 0.1) is 0 Å². The molecule has 1 aromatic carbocycles. The van der Waals surface area contributed by atoms with Gasteiger partial charge in [0.2, 0.25) is 5.91 Å². The van der Waals surface area contributed by atoms with Crippen LogP contribution in [0.4, 0.5) is 0 Å². The summed E-state index contributed by atoms with van der Waals surface area (Å²) in [6, 6.07) is 15.4. The second kappa shape index (κ2) is 8.85. The van der Waals surface area contributed by atoms with Crippen LogP contribution in [0.1, 0.15) is 23.3 Å². The molecule has 0 atom stereocenters. The Kier molecular flexibility index (Phi) is 6.04. The molecule has 5 nitrogen and oxygen atoms in total. The number of aromatic nitrogens is 1. The number of hydrogen-bond donors (Lipinski definition) is 0. The van der Waals surface area contributed by atoms with Crippen molar-refractivity contribution < 1.29 is 13.9 Å². The number of methoxy groups -OCH3 is 1. The molecule has 0 bridgehead atoms. The highest BCUT2D eigenvalue weighted by molar-refractivity contribution is 5.76. The standard InChI is InChI=1S/C21H22N2O3/c1-25-19-9-6-17(7-10-19)8-11-21(24)23(16-20-5-3-13-26-20)15-18-4-2-12-22-14-18/h2-7,9-10,12-14H,8,11,15-16H2,1H3. The zero-order chi connectivity index (χ0) is 18.2. The van der Waals surface area contributed by atoms with Gasteiger partial charge in [0.1, 0.15) is 11.5 Å². The van der Waals surface area contributed by atoms with Crippen LogP contribution in [0.25, 0.3) is 0 Å². The summed E-state index contributed by atoms with van der Waals surface area (Å²) in [6.45, 7) is 0.958. The molecular formula is C21H22N2O3. The second-order valence-corrected chi connectivity index (χ2v) is 6.04. The summed E-state index contributed by atoms with van der Waals surface area (Å²) >= 11 is 0. The average molecular weight is 350 g/mol. The molecule has 3 rings (SSSR count). The number of amides is 1. The minimum atomic E-state index is 0.0843. The molecule has 0 N–H and O–H groups in total. The van der Waals surface area contributed by atoms with E-state index in [9.17, 15) is 4.79 Å². The first-order valence-electron chi connectivity index (χ1n) is 8.56. The fourth-order valence-electron chi connectivity index (χ4n) is 2.74. The van der Waals surface area contributed by atoms with Gasteiger partial charge in [0, 0.05) is 25.4 Å². The van der Waals surface area contributed by atoms with Crippen molar-refractivity contribution in [3.05, 3.63) is 84.1 Å².